The molecule has 0 fully saturated rings. The van der Waals surface area contributed by atoms with Gasteiger partial charge in [-0.2, -0.15) is 0 Å². The minimum Gasteiger partial charge on any atom is -0.296 e. The monoisotopic (exact) mass is 121 g/mol. The summed E-state index contributed by atoms with van der Waals surface area (Å²) in [6, 6.07) is 0. The van der Waals surface area contributed by atoms with Gasteiger partial charge in [-0.05, 0) is 24.3 Å². The Morgan fingerprint density at radius 2 is 2.33 bits per heavy atom. The van der Waals surface area contributed by atoms with Crippen LogP contribution in [-0.4, -0.2) is 13.3 Å². The second kappa shape index (κ2) is 2.65. The normalized spacial score (nSPS) is 15.7. The Kier molecular flexibility index (Phi) is 1.86. The molecule has 0 radical (unpaired) electrons. The Morgan fingerprint density at radius 3 is 2.78 bits per heavy atom. The van der Waals surface area contributed by atoms with E-state index in [0.29, 0.717) is 0 Å². The van der Waals surface area contributed by atoms with E-state index < -0.39 is 0 Å². The van der Waals surface area contributed by atoms with Gasteiger partial charge in [-0.1, -0.05) is 6.92 Å². The quantitative estimate of drug-likeness (QED) is 0.400. The summed E-state index contributed by atoms with van der Waals surface area (Å²) in [4.78, 5) is 3.76. The molecule has 0 aromatic carbocycles. The van der Waals surface area contributed by atoms with Crippen molar-refractivity contribution in [2.45, 2.75) is 19.8 Å². The first-order valence-electron chi connectivity index (χ1n) is 3.25. The van der Waals surface area contributed by atoms with Crippen molar-refractivity contribution in [2.75, 3.05) is 6.54 Å². The van der Waals surface area contributed by atoms with Gasteiger partial charge in [0.15, 0.2) is 0 Å². The Bertz CT molecular complexity index is 183. The van der Waals surface area contributed by atoms with Crippen LogP contribution in [0.15, 0.2) is 21.9 Å². The topological polar surface area (TPSA) is 12.4 Å². The van der Waals surface area contributed by atoms with Gasteiger partial charge < -0.3 is 0 Å². The fraction of sp³-hybridized carbons (Fsp3) is 0.500. The first-order chi connectivity index (χ1) is 4.36. The first-order valence-corrected chi connectivity index (χ1v) is 3.25. The first kappa shape index (κ1) is 6.31. The summed E-state index contributed by atoms with van der Waals surface area (Å²) in [6.45, 7) is 6.35. The molecule has 0 amide bonds. The molecule has 0 aromatic rings. The summed E-state index contributed by atoms with van der Waals surface area (Å²) in [7, 11) is 0. The van der Waals surface area contributed by atoms with Crippen LogP contribution in [0, 0.1) is 0 Å². The van der Waals surface area contributed by atoms with E-state index in [1.807, 2.05) is 0 Å². The zero-order valence-electron chi connectivity index (χ0n) is 5.78. The van der Waals surface area contributed by atoms with Crippen LogP contribution in [0.3, 0.4) is 0 Å². The molecule has 1 heteroatoms. The van der Waals surface area contributed by atoms with Crippen LogP contribution >= 0.6 is 0 Å². The molecule has 0 aliphatic heterocycles. The molecule has 1 aliphatic rings. The highest BCUT2D eigenvalue weighted by molar-refractivity contribution is 5.30. The number of hydrogen-bond acceptors (Lipinski definition) is 1. The zero-order valence-corrected chi connectivity index (χ0v) is 5.78. The molecular weight excluding hydrogens is 110 g/mol. The van der Waals surface area contributed by atoms with Gasteiger partial charge >= 0.3 is 0 Å². The Hall–Kier alpha value is -0.810. The van der Waals surface area contributed by atoms with Gasteiger partial charge in [0.2, 0.25) is 0 Å². The van der Waals surface area contributed by atoms with Crippen molar-refractivity contribution < 1.29 is 0 Å². The molecule has 1 aliphatic carbocycles. The molecule has 0 bridgehead atoms. The van der Waals surface area contributed by atoms with Crippen molar-refractivity contribution in [1.82, 2.24) is 0 Å². The van der Waals surface area contributed by atoms with E-state index in [2.05, 4.69) is 24.4 Å². The van der Waals surface area contributed by atoms with Crippen LogP contribution < -0.4 is 0 Å². The predicted octanol–water partition coefficient (Wildman–Crippen LogP) is 1.95. The minimum atomic E-state index is 0.781. The Balaban J connectivity index is 2.50. The van der Waals surface area contributed by atoms with Gasteiger partial charge in [-0.25, -0.2) is 0 Å². The highest BCUT2D eigenvalue weighted by atomic mass is 14.7. The van der Waals surface area contributed by atoms with Gasteiger partial charge in [0.1, 0.15) is 0 Å². The molecular formula is C8H11N. The van der Waals surface area contributed by atoms with Crippen molar-refractivity contribution in [3.63, 3.8) is 0 Å². The van der Waals surface area contributed by atoms with E-state index in [1.54, 1.807) is 0 Å². The lowest BCUT2D eigenvalue weighted by molar-refractivity contribution is 0.911. The molecule has 0 saturated carbocycles. The standard InChI is InChI=1S/C8H11N/c1-3-7-4-8(5-7)6-9-2/h2-4,6H2,1H3. The third-order valence-electron chi connectivity index (χ3n) is 1.51. The van der Waals surface area contributed by atoms with Crippen molar-refractivity contribution >= 4 is 6.72 Å². The number of aliphatic imine (C=N–C) groups is 1. The lowest BCUT2D eigenvalue weighted by Crippen LogP contribution is -1.97. The average molecular weight is 121 g/mol. The molecule has 48 valence electrons. The maximum atomic E-state index is 3.76. The molecule has 1 nitrogen and oxygen atoms in total. The molecule has 9 heavy (non-hydrogen) atoms. The SMILES string of the molecule is C=NCC1=C=C(CC)C1. The summed E-state index contributed by atoms with van der Waals surface area (Å²) < 4.78 is 0. The van der Waals surface area contributed by atoms with Crippen LogP contribution in [0.25, 0.3) is 0 Å². The minimum absolute atomic E-state index is 0.781. The van der Waals surface area contributed by atoms with Crippen molar-refractivity contribution in [3.8, 4) is 0 Å². The fourth-order valence-corrected chi connectivity index (χ4v) is 0.933. The highest BCUT2D eigenvalue weighted by Crippen LogP contribution is 2.21. The summed E-state index contributed by atoms with van der Waals surface area (Å²) in [5.74, 6) is 0. The molecule has 0 unspecified atom stereocenters. The lowest BCUT2D eigenvalue weighted by Gasteiger charge is -2.10. The van der Waals surface area contributed by atoms with E-state index in [1.165, 1.54) is 11.1 Å². The van der Waals surface area contributed by atoms with E-state index in [9.17, 15) is 0 Å². The Labute approximate surface area is 55.8 Å². The molecule has 0 saturated heterocycles. The molecule has 0 N–H and O–H groups in total. The van der Waals surface area contributed by atoms with Gasteiger partial charge in [0, 0.05) is 6.42 Å². The number of nitrogens with zero attached hydrogens (tertiary/aromatic N) is 1. The summed E-state index contributed by atoms with van der Waals surface area (Å²) in [6.07, 6.45) is 2.26. The maximum absolute atomic E-state index is 3.76. The third kappa shape index (κ3) is 1.30. The largest absolute Gasteiger partial charge is 0.296 e. The average Bonchev–Trinajstić information content (AvgIpc) is 1.77. The van der Waals surface area contributed by atoms with Crippen molar-refractivity contribution in [1.29, 1.82) is 0 Å². The van der Waals surface area contributed by atoms with Crippen LogP contribution in [0.1, 0.15) is 19.8 Å². The van der Waals surface area contributed by atoms with E-state index >= 15 is 0 Å². The van der Waals surface area contributed by atoms with Crippen LogP contribution in [0.4, 0.5) is 0 Å². The highest BCUT2D eigenvalue weighted by Gasteiger charge is 2.06. The third-order valence-corrected chi connectivity index (χ3v) is 1.51. The molecule has 0 aromatic heterocycles. The second-order valence-electron chi connectivity index (χ2n) is 2.24. The van der Waals surface area contributed by atoms with E-state index in [4.69, 9.17) is 0 Å². The summed E-state index contributed by atoms with van der Waals surface area (Å²) in [5, 5.41) is 0. The van der Waals surface area contributed by atoms with Gasteiger partial charge in [0.05, 0.1) is 6.54 Å². The summed E-state index contributed by atoms with van der Waals surface area (Å²) in [5.41, 5.74) is 5.96. The van der Waals surface area contributed by atoms with Gasteiger partial charge in [-0.15, -0.1) is 5.73 Å². The van der Waals surface area contributed by atoms with E-state index in [-0.39, 0.29) is 0 Å². The molecule has 1 rings (SSSR count). The van der Waals surface area contributed by atoms with Gasteiger partial charge in [0.25, 0.3) is 0 Å². The number of hydrogen-bond donors (Lipinski definition) is 0. The summed E-state index contributed by atoms with van der Waals surface area (Å²) >= 11 is 0. The number of rotatable bonds is 3. The lowest BCUT2D eigenvalue weighted by atomic mass is 9.96. The van der Waals surface area contributed by atoms with Gasteiger partial charge in [-0.3, -0.25) is 4.99 Å². The maximum Gasteiger partial charge on any atom is 0.0670 e. The molecule has 0 atom stereocenters. The van der Waals surface area contributed by atoms with Crippen LogP contribution in [-0.2, 0) is 0 Å². The predicted molar refractivity (Wildman–Crippen MR) is 39.9 cm³/mol. The Morgan fingerprint density at radius 1 is 1.67 bits per heavy atom. The van der Waals surface area contributed by atoms with E-state index in [0.717, 1.165) is 19.4 Å². The van der Waals surface area contributed by atoms with Crippen molar-refractivity contribution in [3.05, 3.63) is 16.9 Å². The molecule has 0 spiro atoms. The zero-order chi connectivity index (χ0) is 6.69. The molecule has 0 heterocycles. The second-order valence-corrected chi connectivity index (χ2v) is 2.24. The van der Waals surface area contributed by atoms with Crippen LogP contribution in [0.2, 0.25) is 0 Å². The smallest absolute Gasteiger partial charge is 0.0670 e. The van der Waals surface area contributed by atoms with Crippen LogP contribution in [0.5, 0.6) is 0 Å². The fourth-order valence-electron chi connectivity index (χ4n) is 0.933. The van der Waals surface area contributed by atoms with Crippen molar-refractivity contribution in [2.24, 2.45) is 4.99 Å².